The maximum absolute atomic E-state index is 12.9. The predicted octanol–water partition coefficient (Wildman–Crippen LogP) is 8.83. The van der Waals surface area contributed by atoms with Crippen molar-refractivity contribution in [2.75, 3.05) is 0 Å². The second kappa shape index (κ2) is 27.4. The van der Waals surface area contributed by atoms with Crippen molar-refractivity contribution in [2.24, 2.45) is 0 Å². The molecule has 0 unspecified atom stereocenters. The van der Waals surface area contributed by atoms with Gasteiger partial charge in [0.1, 0.15) is 18.8 Å². The molecule has 45 heavy (non-hydrogen) atoms. The number of aliphatic carboxylic acids is 1. The molecule has 2 atom stereocenters. The van der Waals surface area contributed by atoms with Gasteiger partial charge in [0.15, 0.2) is 0 Å². The van der Waals surface area contributed by atoms with E-state index in [1.54, 1.807) is 12.1 Å². The number of hydrogen-bond acceptors (Lipinski definition) is 6. The molecule has 8 nitrogen and oxygen atoms in total. The van der Waals surface area contributed by atoms with Gasteiger partial charge in [0, 0.05) is 6.42 Å². The van der Waals surface area contributed by atoms with Gasteiger partial charge in [-0.2, -0.15) is 0 Å². The number of carboxylic acids is 1. The van der Waals surface area contributed by atoms with E-state index in [4.69, 9.17) is 9.47 Å². The molecule has 0 aliphatic carbocycles. The van der Waals surface area contributed by atoms with Crippen LogP contribution in [0.15, 0.2) is 30.3 Å². The maximum atomic E-state index is 12.9. The molecule has 0 fully saturated rings. The Labute approximate surface area is 272 Å². The molecule has 0 heterocycles. The third kappa shape index (κ3) is 23.1. The summed E-state index contributed by atoms with van der Waals surface area (Å²) in [6, 6.07) is 7.66. The van der Waals surface area contributed by atoms with Crippen LogP contribution in [0.1, 0.15) is 161 Å². The standard InChI is InChI=1S/C37H61NO7/c1-3-5-7-9-11-13-15-17-22-26-32(45-35(40)27-23-18-16-14-12-10-8-6-4-2)28-34(39)38-33(37(42)43)29-36(41)44-30-31-24-20-19-21-25-31/h19-21,24-25,32-33H,3-18,22-23,26-30H2,1-2H3,(H,38,39)(H,42,43)/t32-,33+/m1/s1. The highest BCUT2D eigenvalue weighted by molar-refractivity contribution is 5.87. The number of nitrogens with one attached hydrogen (secondary N) is 1. The minimum Gasteiger partial charge on any atom is -0.480 e. The normalized spacial score (nSPS) is 12.3. The van der Waals surface area contributed by atoms with Crippen LogP contribution in [0.25, 0.3) is 0 Å². The molecule has 256 valence electrons. The largest absolute Gasteiger partial charge is 0.480 e. The number of rotatable bonds is 29. The molecule has 1 aromatic carbocycles. The van der Waals surface area contributed by atoms with Gasteiger partial charge in [-0.15, -0.1) is 0 Å². The number of unbranched alkanes of at least 4 members (excludes halogenated alkanes) is 16. The van der Waals surface area contributed by atoms with E-state index in [2.05, 4.69) is 19.2 Å². The van der Waals surface area contributed by atoms with Crippen LogP contribution in [0.5, 0.6) is 0 Å². The summed E-state index contributed by atoms with van der Waals surface area (Å²) in [5, 5.41) is 12.1. The van der Waals surface area contributed by atoms with Gasteiger partial charge < -0.3 is 19.9 Å². The van der Waals surface area contributed by atoms with Crippen molar-refractivity contribution in [3.63, 3.8) is 0 Å². The second-order valence-corrected chi connectivity index (χ2v) is 12.3. The van der Waals surface area contributed by atoms with Crippen molar-refractivity contribution in [1.82, 2.24) is 5.32 Å². The first-order valence-corrected chi connectivity index (χ1v) is 17.8. The van der Waals surface area contributed by atoms with E-state index in [1.165, 1.54) is 77.0 Å². The summed E-state index contributed by atoms with van der Waals surface area (Å²) in [6.07, 6.45) is 20.4. The van der Waals surface area contributed by atoms with Gasteiger partial charge >= 0.3 is 17.9 Å². The van der Waals surface area contributed by atoms with Gasteiger partial charge in [-0.3, -0.25) is 14.4 Å². The van der Waals surface area contributed by atoms with Gasteiger partial charge in [-0.05, 0) is 24.8 Å². The van der Waals surface area contributed by atoms with Gasteiger partial charge in [-0.25, -0.2) is 4.79 Å². The van der Waals surface area contributed by atoms with Crippen LogP contribution in [0.2, 0.25) is 0 Å². The molecule has 1 rings (SSSR count). The Morgan fingerprint density at radius 1 is 0.667 bits per heavy atom. The van der Waals surface area contributed by atoms with Crippen molar-refractivity contribution < 1.29 is 33.8 Å². The van der Waals surface area contributed by atoms with E-state index in [0.29, 0.717) is 12.8 Å². The molecule has 0 spiro atoms. The summed E-state index contributed by atoms with van der Waals surface area (Å²) in [7, 11) is 0. The summed E-state index contributed by atoms with van der Waals surface area (Å²) in [5.41, 5.74) is 0.783. The van der Waals surface area contributed by atoms with E-state index in [0.717, 1.165) is 44.1 Å². The molecule has 0 aliphatic rings. The smallest absolute Gasteiger partial charge is 0.326 e. The van der Waals surface area contributed by atoms with Crippen LogP contribution < -0.4 is 5.32 Å². The zero-order chi connectivity index (χ0) is 33.0. The highest BCUT2D eigenvalue weighted by Crippen LogP contribution is 2.17. The molecular weight excluding hydrogens is 570 g/mol. The van der Waals surface area contributed by atoms with E-state index >= 15 is 0 Å². The minimum atomic E-state index is -1.42. The second-order valence-electron chi connectivity index (χ2n) is 12.3. The Morgan fingerprint density at radius 2 is 1.18 bits per heavy atom. The fraction of sp³-hybridized carbons (Fsp3) is 0.730. The fourth-order valence-electron chi connectivity index (χ4n) is 5.33. The minimum absolute atomic E-state index is 0.0235. The first-order valence-electron chi connectivity index (χ1n) is 17.8. The van der Waals surface area contributed by atoms with Crippen molar-refractivity contribution in [3.05, 3.63) is 35.9 Å². The van der Waals surface area contributed by atoms with Crippen LogP contribution in [0, 0.1) is 0 Å². The molecule has 8 heteroatoms. The molecule has 0 radical (unpaired) electrons. The lowest BCUT2D eigenvalue weighted by Crippen LogP contribution is -2.43. The number of carbonyl (C=O) groups is 4. The lowest BCUT2D eigenvalue weighted by Gasteiger charge is -2.20. The van der Waals surface area contributed by atoms with Gasteiger partial charge in [0.25, 0.3) is 0 Å². The summed E-state index contributed by atoms with van der Waals surface area (Å²) in [6.45, 7) is 4.45. The van der Waals surface area contributed by atoms with Gasteiger partial charge in [0.05, 0.1) is 12.8 Å². The van der Waals surface area contributed by atoms with Crippen LogP contribution in [0.4, 0.5) is 0 Å². The average Bonchev–Trinajstić information content (AvgIpc) is 3.02. The Bertz CT molecular complexity index is 921. The van der Waals surface area contributed by atoms with Gasteiger partial charge in [-0.1, -0.05) is 147 Å². The number of carboxylic acid groups (broad SMARTS) is 1. The molecule has 0 aromatic heterocycles. The average molecular weight is 632 g/mol. The van der Waals surface area contributed by atoms with Crippen LogP contribution in [0.3, 0.4) is 0 Å². The van der Waals surface area contributed by atoms with Crippen molar-refractivity contribution >= 4 is 23.8 Å². The first kappa shape index (κ1) is 40.1. The molecular formula is C37H61NO7. The Kier molecular flexibility index (Phi) is 24.4. The number of esters is 2. The molecule has 0 saturated heterocycles. The lowest BCUT2D eigenvalue weighted by molar-refractivity contribution is -0.152. The summed E-state index contributed by atoms with van der Waals surface area (Å²) < 4.78 is 10.9. The van der Waals surface area contributed by atoms with E-state index in [1.807, 2.05) is 18.2 Å². The molecule has 0 bridgehead atoms. The molecule has 2 N–H and O–H groups in total. The number of amides is 1. The maximum Gasteiger partial charge on any atom is 0.326 e. The number of benzene rings is 1. The summed E-state index contributed by atoms with van der Waals surface area (Å²) >= 11 is 0. The molecule has 1 aromatic rings. The Balaban J connectivity index is 2.53. The quantitative estimate of drug-likeness (QED) is 0.0670. The number of carbonyl (C=O) groups excluding carboxylic acids is 3. The zero-order valence-corrected chi connectivity index (χ0v) is 28.2. The van der Waals surface area contributed by atoms with E-state index in [9.17, 15) is 24.3 Å². The number of ether oxygens (including phenoxy) is 2. The third-order valence-corrected chi connectivity index (χ3v) is 8.07. The van der Waals surface area contributed by atoms with Crippen LogP contribution >= 0.6 is 0 Å². The summed E-state index contributed by atoms with van der Waals surface area (Å²) in [5.74, 6) is -2.91. The van der Waals surface area contributed by atoms with E-state index in [-0.39, 0.29) is 19.0 Å². The van der Waals surface area contributed by atoms with E-state index < -0.39 is 36.4 Å². The van der Waals surface area contributed by atoms with Gasteiger partial charge in [0.2, 0.25) is 5.91 Å². The topological polar surface area (TPSA) is 119 Å². The van der Waals surface area contributed by atoms with Crippen LogP contribution in [-0.2, 0) is 35.3 Å². The van der Waals surface area contributed by atoms with Crippen molar-refractivity contribution in [1.29, 1.82) is 0 Å². The SMILES string of the molecule is CCCCCCCCCCCC(=O)O[C@H](CCCCCCCCCCC)CC(=O)N[C@@H](CC(=O)OCc1ccccc1)C(=O)O. The van der Waals surface area contributed by atoms with Crippen LogP contribution in [-0.4, -0.2) is 41.1 Å². The molecule has 0 aliphatic heterocycles. The highest BCUT2D eigenvalue weighted by atomic mass is 16.5. The van der Waals surface area contributed by atoms with Crippen molar-refractivity contribution in [2.45, 2.75) is 174 Å². The third-order valence-electron chi connectivity index (χ3n) is 8.07. The fourth-order valence-corrected chi connectivity index (χ4v) is 5.33. The predicted molar refractivity (Wildman–Crippen MR) is 179 cm³/mol. The monoisotopic (exact) mass is 631 g/mol. The zero-order valence-electron chi connectivity index (χ0n) is 28.2. The summed E-state index contributed by atoms with van der Waals surface area (Å²) in [4.78, 5) is 49.7. The molecule has 0 saturated carbocycles. The lowest BCUT2D eigenvalue weighted by atomic mass is 10.0. The Morgan fingerprint density at radius 3 is 1.71 bits per heavy atom. The van der Waals surface area contributed by atoms with Crippen molar-refractivity contribution in [3.8, 4) is 0 Å². The first-order chi connectivity index (χ1) is 21.8. The molecule has 1 amide bonds. The number of hydrogen-bond donors (Lipinski definition) is 2. The highest BCUT2D eigenvalue weighted by Gasteiger charge is 2.26. The Hall–Kier alpha value is -2.90.